The lowest BCUT2D eigenvalue weighted by atomic mass is 9.68. The molecule has 0 radical (unpaired) electrons. The monoisotopic (exact) mass is 512 g/mol. The first kappa shape index (κ1) is 26.4. The van der Waals surface area contributed by atoms with Gasteiger partial charge >= 0.3 is 13.0 Å². The van der Waals surface area contributed by atoms with E-state index >= 15 is 0 Å². The summed E-state index contributed by atoms with van der Waals surface area (Å²) in [6.45, 7) is -1.18. The van der Waals surface area contributed by atoms with Gasteiger partial charge in [-0.25, -0.2) is 15.2 Å². The molecule has 1 aromatic heterocycles. The Balaban J connectivity index is 1.73. The first-order chi connectivity index (χ1) is 17.5. The van der Waals surface area contributed by atoms with Crippen LogP contribution in [0.15, 0.2) is 64.2 Å². The number of rotatable bonds is 13. The van der Waals surface area contributed by atoms with Gasteiger partial charge in [0.1, 0.15) is 5.56 Å². The van der Waals surface area contributed by atoms with E-state index < -0.39 is 24.8 Å². The van der Waals surface area contributed by atoms with E-state index in [1.165, 1.54) is 29.5 Å². The highest BCUT2D eigenvalue weighted by atomic mass is 32.1. The molecule has 0 fully saturated rings. The number of para-hydroxylation sites is 1. The minimum absolute atomic E-state index is 0.0851. The van der Waals surface area contributed by atoms with Crippen LogP contribution in [0, 0.1) is 9.81 Å². The second kappa shape index (κ2) is 13.0. The molecule has 1 heterocycles. The molecule has 0 saturated heterocycles. The fourth-order valence-corrected chi connectivity index (χ4v) is 3.81. The van der Waals surface area contributed by atoms with Gasteiger partial charge in [0.25, 0.3) is 5.91 Å². The number of hydrogen-bond donors (Lipinski definition) is 5. The second-order valence-electron chi connectivity index (χ2n) is 7.24. The Hall–Kier alpha value is -4.25. The number of aromatic nitrogens is 1. The average molecular weight is 512 g/mol. The van der Waals surface area contributed by atoms with Crippen molar-refractivity contribution in [3.8, 4) is 5.75 Å². The van der Waals surface area contributed by atoms with Crippen LogP contribution in [0.25, 0.3) is 0 Å². The van der Waals surface area contributed by atoms with Crippen LogP contribution in [0.3, 0.4) is 0 Å². The Labute approximate surface area is 208 Å². The maximum atomic E-state index is 12.7. The van der Waals surface area contributed by atoms with Crippen molar-refractivity contribution >= 4 is 35.3 Å². The largest absolute Gasteiger partial charge is 0.535 e. The van der Waals surface area contributed by atoms with Crippen molar-refractivity contribution in [1.82, 2.24) is 15.8 Å². The molecule has 0 aliphatic rings. The molecule has 7 N–H and O–H groups in total. The number of nitrogens with two attached hydrogens (primary N) is 2. The van der Waals surface area contributed by atoms with E-state index in [1.54, 1.807) is 24.4 Å². The predicted octanol–water partition coefficient (Wildman–Crippen LogP) is 1.44. The highest BCUT2D eigenvalue weighted by Gasteiger charge is 2.33. The Kier molecular flexibility index (Phi) is 9.52. The number of hydrazine groups is 1. The minimum atomic E-state index is -1.63. The summed E-state index contributed by atoms with van der Waals surface area (Å²) in [6.07, 6.45) is 1.54. The van der Waals surface area contributed by atoms with Crippen LogP contribution in [0.2, 0.25) is 0 Å². The summed E-state index contributed by atoms with van der Waals surface area (Å²) in [5.74, 6) is 7.58. The first-order valence-electron chi connectivity index (χ1n) is 10.3. The zero-order valence-electron chi connectivity index (χ0n) is 18.6. The third kappa shape index (κ3) is 6.67. The SMILES string of the molecule is NOC(=O)c1cccc(C[C@H](NNC(=O)c2cccc(CNc3nccs3)c2)B(N=O)N=O)c1ON. The maximum absolute atomic E-state index is 12.7. The van der Waals surface area contributed by atoms with E-state index in [0.29, 0.717) is 17.7 Å². The quantitative estimate of drug-likeness (QED) is 0.126. The molecule has 3 rings (SSSR count). The number of thiazole rings is 1. The summed E-state index contributed by atoms with van der Waals surface area (Å²) in [7, 11) is 0. The van der Waals surface area contributed by atoms with Crippen LogP contribution in [-0.4, -0.2) is 29.8 Å². The first-order valence-corrected chi connectivity index (χ1v) is 11.2. The number of anilines is 1. The molecule has 0 aliphatic heterocycles. The van der Waals surface area contributed by atoms with Crippen LogP contribution < -0.4 is 32.8 Å². The third-order valence-electron chi connectivity index (χ3n) is 4.99. The Morgan fingerprint density at radius 3 is 2.58 bits per heavy atom. The third-order valence-corrected chi connectivity index (χ3v) is 5.72. The lowest BCUT2D eigenvalue weighted by Gasteiger charge is -2.19. The van der Waals surface area contributed by atoms with Crippen LogP contribution in [0.4, 0.5) is 5.13 Å². The normalized spacial score (nSPS) is 11.2. The van der Waals surface area contributed by atoms with Gasteiger partial charge in [-0.05, 0) is 35.7 Å². The van der Waals surface area contributed by atoms with Crippen LogP contribution in [-0.2, 0) is 17.8 Å². The Morgan fingerprint density at radius 1 is 1.14 bits per heavy atom. The summed E-state index contributed by atoms with van der Waals surface area (Å²) in [4.78, 5) is 60.2. The van der Waals surface area contributed by atoms with Gasteiger partial charge < -0.3 is 15.0 Å². The number of benzene rings is 2. The topological polar surface area (TPSA) is 212 Å². The molecular weight excluding hydrogens is 491 g/mol. The molecular formula is C20H21BN8O6S. The average Bonchev–Trinajstić information content (AvgIpc) is 3.44. The predicted molar refractivity (Wildman–Crippen MR) is 132 cm³/mol. The van der Waals surface area contributed by atoms with Gasteiger partial charge in [-0.2, -0.15) is 21.6 Å². The highest BCUT2D eigenvalue weighted by Crippen LogP contribution is 2.25. The zero-order chi connectivity index (χ0) is 25.9. The molecule has 0 aliphatic carbocycles. The van der Waals surface area contributed by atoms with Crippen LogP contribution >= 0.6 is 11.3 Å². The molecule has 0 unspecified atom stereocenters. The molecule has 14 nitrogen and oxygen atoms in total. The summed E-state index contributed by atoms with van der Waals surface area (Å²) >= 11 is 1.45. The molecule has 1 amide bonds. The smallest absolute Gasteiger partial charge is 0.410 e. The number of carbonyl (C=O) groups excluding carboxylic acids is 2. The van der Waals surface area contributed by atoms with Crippen molar-refractivity contribution in [2.45, 2.75) is 18.9 Å². The van der Waals surface area contributed by atoms with E-state index in [2.05, 4.69) is 36.2 Å². The number of nitroso groups, excluding NO2 is 2. The van der Waals surface area contributed by atoms with Crippen LogP contribution in [0.5, 0.6) is 5.75 Å². The van der Waals surface area contributed by atoms with Gasteiger partial charge in [0.15, 0.2) is 10.9 Å². The highest BCUT2D eigenvalue weighted by molar-refractivity contribution is 7.13. The number of hydrogen-bond acceptors (Lipinski definition) is 14. The van der Waals surface area contributed by atoms with Gasteiger partial charge in [-0.3, -0.25) is 10.2 Å². The van der Waals surface area contributed by atoms with Gasteiger partial charge in [0.05, 0.1) is 5.94 Å². The van der Waals surface area contributed by atoms with Gasteiger partial charge in [-0.15, -0.1) is 21.5 Å². The van der Waals surface area contributed by atoms with Crippen molar-refractivity contribution in [2.75, 3.05) is 5.32 Å². The molecule has 0 saturated carbocycles. The Bertz CT molecular complexity index is 1210. The van der Waals surface area contributed by atoms with E-state index in [-0.39, 0.29) is 17.7 Å². The van der Waals surface area contributed by atoms with E-state index in [0.717, 1.165) is 10.7 Å². The number of amides is 1. The molecule has 0 bridgehead atoms. The lowest BCUT2D eigenvalue weighted by molar-refractivity contribution is 0.0498. The van der Waals surface area contributed by atoms with Crippen molar-refractivity contribution in [2.24, 2.45) is 22.0 Å². The van der Waals surface area contributed by atoms with Crippen molar-refractivity contribution in [3.63, 3.8) is 0 Å². The number of carbonyl (C=O) groups is 2. The lowest BCUT2D eigenvalue weighted by Crippen LogP contribution is -2.51. The summed E-state index contributed by atoms with van der Waals surface area (Å²) in [5.41, 5.74) is 6.40. The summed E-state index contributed by atoms with van der Waals surface area (Å²) in [6, 6.07) is 11.2. The van der Waals surface area contributed by atoms with Crippen molar-refractivity contribution in [3.05, 3.63) is 86.1 Å². The van der Waals surface area contributed by atoms with Crippen molar-refractivity contribution < 1.29 is 19.3 Å². The zero-order valence-corrected chi connectivity index (χ0v) is 19.4. The molecule has 36 heavy (non-hydrogen) atoms. The second-order valence-corrected chi connectivity index (χ2v) is 8.14. The van der Waals surface area contributed by atoms with E-state index in [4.69, 9.17) is 16.6 Å². The maximum Gasteiger partial charge on any atom is 0.535 e. The fraction of sp³-hybridized carbons (Fsp3) is 0.150. The minimum Gasteiger partial charge on any atom is -0.410 e. The van der Waals surface area contributed by atoms with Crippen LogP contribution in [0.1, 0.15) is 31.8 Å². The van der Waals surface area contributed by atoms with Gasteiger partial charge in [-0.1, -0.05) is 24.3 Å². The number of nitrogens with one attached hydrogen (secondary N) is 3. The van der Waals surface area contributed by atoms with Gasteiger partial charge in [0.2, 0.25) is 0 Å². The standard InChI is InChI=1S/C20H21BN8O6S/c22-34-17-13(4-2-6-15(17)19(31)35-23)10-16(21(28-32)29-33)26-27-18(30)14-5-1-3-12(9-14)11-25-20-24-7-8-36-20/h1-9,16,26H,10-11,22-23H2,(H,24,25)(H,27,30)/t16-/m0/s1. The van der Waals surface area contributed by atoms with Crippen molar-refractivity contribution in [1.29, 1.82) is 0 Å². The van der Waals surface area contributed by atoms with Gasteiger partial charge in [0, 0.05) is 23.7 Å². The molecule has 186 valence electrons. The molecule has 1 atom stereocenters. The van der Waals surface area contributed by atoms with E-state index in [1.807, 2.05) is 11.4 Å². The summed E-state index contributed by atoms with van der Waals surface area (Å²) in [5, 5.41) is 11.1. The molecule has 0 spiro atoms. The molecule has 3 aromatic rings. The summed E-state index contributed by atoms with van der Waals surface area (Å²) < 4.78 is 0. The molecule has 2 aromatic carbocycles. The number of nitrogens with zero attached hydrogens (tertiary/aromatic N) is 3. The van der Waals surface area contributed by atoms with E-state index in [9.17, 15) is 19.4 Å². The Morgan fingerprint density at radius 2 is 1.92 bits per heavy atom. The molecule has 16 heteroatoms. The fourth-order valence-electron chi connectivity index (χ4n) is 3.28.